The lowest BCUT2D eigenvalue weighted by atomic mass is 10.2. The number of carbonyl (C=O) groups is 2. The second-order valence-corrected chi connectivity index (χ2v) is 11.4. The topological polar surface area (TPSA) is 90.0 Å². The van der Waals surface area contributed by atoms with E-state index in [9.17, 15) is 18.0 Å². The molecule has 34 heavy (non-hydrogen) atoms. The summed E-state index contributed by atoms with van der Waals surface area (Å²) in [6, 6.07) is 5.49. The largest absolute Gasteiger partial charge is 0.337 e. The third-order valence-electron chi connectivity index (χ3n) is 7.01. The Kier molecular flexibility index (Phi) is 7.97. The minimum atomic E-state index is -3.83. The number of hydrogen-bond donors (Lipinski definition) is 1. The summed E-state index contributed by atoms with van der Waals surface area (Å²) in [5, 5.41) is 1.61. The minimum absolute atomic E-state index is 0.0406. The van der Waals surface area contributed by atoms with E-state index in [0.29, 0.717) is 23.6 Å². The molecule has 1 aromatic carbocycles. The molecule has 0 saturated carbocycles. The van der Waals surface area contributed by atoms with Crippen molar-refractivity contribution in [3.63, 3.8) is 0 Å². The first kappa shape index (κ1) is 25.2. The summed E-state index contributed by atoms with van der Waals surface area (Å²) in [5.41, 5.74) is 0.683. The fourth-order valence-corrected chi connectivity index (χ4v) is 6.28. The van der Waals surface area contributed by atoms with Gasteiger partial charge in [-0.1, -0.05) is 23.7 Å². The van der Waals surface area contributed by atoms with E-state index < -0.39 is 22.1 Å². The number of benzene rings is 1. The monoisotopic (exact) mass is 508 g/mol. The van der Waals surface area contributed by atoms with Crippen molar-refractivity contribution in [2.45, 2.75) is 57.2 Å². The van der Waals surface area contributed by atoms with Gasteiger partial charge in [0.15, 0.2) is 0 Å². The highest BCUT2D eigenvalue weighted by atomic mass is 35.5. The number of carbonyl (C=O) groups excluding carboxylic acids is 2. The first-order valence-corrected chi connectivity index (χ1v) is 14.0. The Labute approximate surface area is 207 Å². The van der Waals surface area contributed by atoms with Crippen molar-refractivity contribution in [1.29, 1.82) is 0 Å². The molecule has 3 fully saturated rings. The molecule has 0 bridgehead atoms. The second-order valence-electron chi connectivity index (χ2n) is 9.40. The van der Waals surface area contributed by atoms with Crippen LogP contribution in [0.5, 0.6) is 0 Å². The van der Waals surface area contributed by atoms with Crippen molar-refractivity contribution in [3.8, 4) is 0 Å². The van der Waals surface area contributed by atoms with Crippen molar-refractivity contribution < 1.29 is 18.0 Å². The zero-order valence-corrected chi connectivity index (χ0v) is 21.1. The summed E-state index contributed by atoms with van der Waals surface area (Å²) in [4.78, 5) is 32.2. The lowest BCUT2D eigenvalue weighted by molar-refractivity contribution is -0.144. The van der Waals surface area contributed by atoms with Crippen molar-refractivity contribution in [1.82, 2.24) is 19.4 Å². The number of nitrogens with zero attached hydrogens (tertiary/aromatic N) is 3. The highest BCUT2D eigenvalue weighted by Gasteiger charge is 2.41. The van der Waals surface area contributed by atoms with Crippen LogP contribution in [0.2, 0.25) is 5.02 Å². The molecule has 10 heteroatoms. The standard InChI is InChI=1S/C24H33ClN4O4S/c1-18(23(30)29-14-4-5-21(29)17-27-12-2-3-13-27)28-15-10-22(24(28)31)26-34(32,33)16-11-19-6-8-20(25)9-7-19/h6-9,11,16,18,21-22,26H,2-5,10,12-15,17H2,1H3/b16-11+/t18-,21-,22-/m0/s1. The van der Waals surface area contributed by atoms with Crippen LogP contribution in [0.4, 0.5) is 0 Å². The minimum Gasteiger partial charge on any atom is -0.337 e. The van der Waals surface area contributed by atoms with E-state index in [1.165, 1.54) is 23.8 Å². The molecule has 0 aliphatic carbocycles. The van der Waals surface area contributed by atoms with Crippen LogP contribution >= 0.6 is 11.6 Å². The van der Waals surface area contributed by atoms with Crippen LogP contribution < -0.4 is 4.72 Å². The van der Waals surface area contributed by atoms with Gasteiger partial charge in [-0.25, -0.2) is 8.42 Å². The van der Waals surface area contributed by atoms with Gasteiger partial charge in [0.05, 0.1) is 0 Å². The van der Waals surface area contributed by atoms with Gasteiger partial charge >= 0.3 is 0 Å². The van der Waals surface area contributed by atoms with Crippen molar-refractivity contribution >= 4 is 39.5 Å². The number of nitrogens with one attached hydrogen (secondary N) is 1. The van der Waals surface area contributed by atoms with Crippen LogP contribution in [0.1, 0.15) is 44.6 Å². The number of hydrogen-bond acceptors (Lipinski definition) is 5. The third-order valence-corrected chi connectivity index (χ3v) is 8.37. The zero-order chi connectivity index (χ0) is 24.3. The zero-order valence-electron chi connectivity index (χ0n) is 19.5. The van der Waals surface area contributed by atoms with Gasteiger partial charge < -0.3 is 14.7 Å². The van der Waals surface area contributed by atoms with Gasteiger partial charge in [0.2, 0.25) is 21.8 Å². The Morgan fingerprint density at radius 2 is 1.82 bits per heavy atom. The molecule has 4 rings (SSSR count). The number of halogens is 1. The average Bonchev–Trinajstić information content (AvgIpc) is 3.56. The molecule has 0 unspecified atom stereocenters. The Morgan fingerprint density at radius 1 is 1.12 bits per heavy atom. The molecule has 0 spiro atoms. The van der Waals surface area contributed by atoms with E-state index in [0.717, 1.165) is 44.4 Å². The van der Waals surface area contributed by atoms with Crippen molar-refractivity contribution in [3.05, 3.63) is 40.3 Å². The summed E-state index contributed by atoms with van der Waals surface area (Å²) in [6.45, 7) is 5.90. The van der Waals surface area contributed by atoms with Gasteiger partial charge in [0.25, 0.3) is 0 Å². The molecule has 3 atom stereocenters. The SMILES string of the molecule is C[C@@H](C(=O)N1CCC[C@H]1CN1CCCC1)N1CC[C@H](NS(=O)(=O)/C=C/c2ccc(Cl)cc2)C1=O. The van der Waals surface area contributed by atoms with E-state index in [4.69, 9.17) is 11.6 Å². The molecule has 3 aliphatic heterocycles. The molecule has 2 amide bonds. The van der Waals surface area contributed by atoms with Gasteiger partial charge in [-0.05, 0) is 75.9 Å². The van der Waals surface area contributed by atoms with Crippen LogP contribution in [0.25, 0.3) is 6.08 Å². The molecule has 3 saturated heterocycles. The molecule has 1 aromatic rings. The van der Waals surface area contributed by atoms with E-state index in [1.54, 1.807) is 31.2 Å². The van der Waals surface area contributed by atoms with Crippen molar-refractivity contribution in [2.75, 3.05) is 32.7 Å². The normalized spacial score (nSPS) is 25.1. The summed E-state index contributed by atoms with van der Waals surface area (Å²) < 4.78 is 27.5. The van der Waals surface area contributed by atoms with Gasteiger partial charge in [-0.15, -0.1) is 0 Å². The third kappa shape index (κ3) is 6.00. The maximum Gasteiger partial charge on any atom is 0.245 e. The van der Waals surface area contributed by atoms with Crippen LogP contribution in [-0.2, 0) is 19.6 Å². The van der Waals surface area contributed by atoms with Crippen LogP contribution in [0.3, 0.4) is 0 Å². The number of likely N-dealkylation sites (tertiary alicyclic amines) is 3. The first-order chi connectivity index (χ1) is 16.2. The molecule has 3 aliphatic rings. The van der Waals surface area contributed by atoms with E-state index in [1.807, 2.05) is 4.90 Å². The molecule has 8 nitrogen and oxygen atoms in total. The van der Waals surface area contributed by atoms with E-state index in [-0.39, 0.29) is 17.9 Å². The molecule has 1 N–H and O–H groups in total. The molecule has 0 aromatic heterocycles. The maximum atomic E-state index is 13.3. The quantitative estimate of drug-likeness (QED) is 0.582. The summed E-state index contributed by atoms with van der Waals surface area (Å²) >= 11 is 5.85. The van der Waals surface area contributed by atoms with Gasteiger partial charge in [-0.2, -0.15) is 4.72 Å². The average molecular weight is 509 g/mol. The summed E-state index contributed by atoms with van der Waals surface area (Å²) in [6.07, 6.45) is 6.19. The highest BCUT2D eigenvalue weighted by Crippen LogP contribution is 2.24. The maximum absolute atomic E-state index is 13.3. The molecule has 186 valence electrons. The Morgan fingerprint density at radius 3 is 2.53 bits per heavy atom. The van der Waals surface area contributed by atoms with Gasteiger partial charge in [0.1, 0.15) is 12.1 Å². The molecular formula is C24H33ClN4O4S. The fourth-order valence-electron chi connectivity index (χ4n) is 5.13. The Hall–Kier alpha value is -1.94. The highest BCUT2D eigenvalue weighted by molar-refractivity contribution is 7.92. The second kappa shape index (κ2) is 10.8. The molecule has 0 radical (unpaired) electrons. The van der Waals surface area contributed by atoms with E-state index >= 15 is 0 Å². The Balaban J connectivity index is 1.34. The summed E-state index contributed by atoms with van der Waals surface area (Å²) in [7, 11) is -3.83. The fraction of sp³-hybridized carbons (Fsp3) is 0.583. The van der Waals surface area contributed by atoms with Crippen LogP contribution in [-0.4, -0.2) is 85.8 Å². The smallest absolute Gasteiger partial charge is 0.245 e. The predicted molar refractivity (Wildman–Crippen MR) is 133 cm³/mol. The van der Waals surface area contributed by atoms with Gasteiger partial charge in [0, 0.05) is 36.1 Å². The number of rotatable bonds is 8. The van der Waals surface area contributed by atoms with Crippen LogP contribution in [0, 0.1) is 0 Å². The van der Waals surface area contributed by atoms with Gasteiger partial charge in [-0.3, -0.25) is 9.59 Å². The lowest BCUT2D eigenvalue weighted by Gasteiger charge is -2.33. The van der Waals surface area contributed by atoms with Crippen LogP contribution in [0.15, 0.2) is 29.7 Å². The van der Waals surface area contributed by atoms with Crippen molar-refractivity contribution in [2.24, 2.45) is 0 Å². The summed E-state index contributed by atoms with van der Waals surface area (Å²) in [5.74, 6) is -0.388. The first-order valence-electron chi connectivity index (χ1n) is 12.0. The van der Waals surface area contributed by atoms with E-state index in [2.05, 4.69) is 9.62 Å². The molecule has 3 heterocycles. The predicted octanol–water partition coefficient (Wildman–Crippen LogP) is 2.31. The Bertz CT molecular complexity index is 1020. The lowest BCUT2D eigenvalue weighted by Crippen LogP contribution is -2.52. The number of amides is 2. The number of sulfonamides is 1. The molecular weight excluding hydrogens is 476 g/mol.